The van der Waals surface area contributed by atoms with Gasteiger partial charge in [-0.05, 0) is 59.6 Å². The van der Waals surface area contributed by atoms with E-state index in [4.69, 9.17) is 0 Å². The molecule has 0 spiro atoms. The largest absolute Gasteiger partial charge is 0.0908 e. The number of rotatable bonds is 0. The van der Waals surface area contributed by atoms with Gasteiger partial charge in [-0.25, -0.2) is 0 Å². The van der Waals surface area contributed by atoms with E-state index < -0.39 is 0 Å². The summed E-state index contributed by atoms with van der Waals surface area (Å²) >= 11 is 0. The molecule has 0 nitrogen and oxygen atoms in total. The summed E-state index contributed by atoms with van der Waals surface area (Å²) in [5, 5.41) is 0. The summed E-state index contributed by atoms with van der Waals surface area (Å²) in [6, 6.07) is 0. The lowest BCUT2D eigenvalue weighted by atomic mass is 9.94. The van der Waals surface area contributed by atoms with Crippen LogP contribution in [-0.2, 0) is 0 Å². The van der Waals surface area contributed by atoms with Gasteiger partial charge in [0.2, 0.25) is 0 Å². The smallest absolute Gasteiger partial charge is 0.00822 e. The molecule has 0 aliphatic heterocycles. The highest BCUT2D eigenvalue weighted by atomic mass is 14.3. The molecule has 0 aromatic heterocycles. The van der Waals surface area contributed by atoms with Crippen LogP contribution in [0, 0.1) is 0 Å². The third-order valence-corrected chi connectivity index (χ3v) is 3.90. The number of allylic oxidation sites excluding steroid dienone is 13. The van der Waals surface area contributed by atoms with E-state index in [1.807, 2.05) is 13.8 Å². The van der Waals surface area contributed by atoms with Crippen LogP contribution >= 0.6 is 0 Å². The van der Waals surface area contributed by atoms with E-state index in [2.05, 4.69) is 56.0 Å². The predicted octanol–water partition coefficient (Wildman–Crippen LogP) is 5.99. The van der Waals surface area contributed by atoms with Crippen molar-refractivity contribution < 1.29 is 0 Å². The minimum Gasteiger partial charge on any atom is -0.0908 e. The Morgan fingerprint density at radius 2 is 1.80 bits per heavy atom. The summed E-state index contributed by atoms with van der Waals surface area (Å²) in [6.45, 7) is 10.5. The Hall–Kier alpha value is -1.82. The summed E-state index contributed by atoms with van der Waals surface area (Å²) in [5.41, 5.74) is 8.29. The van der Waals surface area contributed by atoms with Gasteiger partial charge >= 0.3 is 0 Å². The Bertz CT molecular complexity index is 584. The Morgan fingerprint density at radius 1 is 1.00 bits per heavy atom. The average Bonchev–Trinajstić information content (AvgIpc) is 2.62. The highest BCUT2D eigenvalue weighted by Crippen LogP contribution is 2.44. The SMILES string of the molecule is C=C1C2=C(CC=CCC2)C2=C1C(\C)=C/C=C\C=C/2.CC. The number of fused-ring (bicyclic) bond motifs is 1. The van der Waals surface area contributed by atoms with E-state index in [1.165, 1.54) is 33.4 Å². The lowest BCUT2D eigenvalue weighted by Gasteiger charge is -2.10. The van der Waals surface area contributed by atoms with Gasteiger partial charge in [-0.2, -0.15) is 0 Å². The van der Waals surface area contributed by atoms with Crippen LogP contribution in [0.3, 0.4) is 0 Å². The fourth-order valence-electron chi connectivity index (χ4n) is 3.02. The first-order valence-corrected chi connectivity index (χ1v) is 7.62. The standard InChI is InChI=1S/C18H18.C2H6/c1-13-9-5-3-8-12-17-16-11-7-4-6-10-15(16)14(2)18(13)17;1-2/h3-5,7-9,12H,2,6,10-11H2,1H3;1-2H3/b5-3-,8-3?,9-5?,12-8-,13-9-,17-12?,18-13?;. The van der Waals surface area contributed by atoms with Crippen molar-refractivity contribution in [2.75, 3.05) is 0 Å². The average molecular weight is 264 g/mol. The molecule has 0 aromatic rings. The van der Waals surface area contributed by atoms with E-state index in [0.29, 0.717) is 0 Å². The van der Waals surface area contributed by atoms with Crippen LogP contribution in [-0.4, -0.2) is 0 Å². The van der Waals surface area contributed by atoms with Gasteiger partial charge in [-0.1, -0.05) is 63.0 Å². The van der Waals surface area contributed by atoms with Gasteiger partial charge in [-0.3, -0.25) is 0 Å². The van der Waals surface area contributed by atoms with Gasteiger partial charge in [0.1, 0.15) is 0 Å². The zero-order valence-electron chi connectivity index (χ0n) is 12.9. The fourth-order valence-corrected chi connectivity index (χ4v) is 3.02. The van der Waals surface area contributed by atoms with E-state index in [-0.39, 0.29) is 0 Å². The molecule has 0 N–H and O–H groups in total. The first kappa shape index (κ1) is 14.6. The molecule has 104 valence electrons. The second kappa shape index (κ2) is 6.56. The van der Waals surface area contributed by atoms with E-state index in [9.17, 15) is 0 Å². The van der Waals surface area contributed by atoms with Gasteiger partial charge in [0.15, 0.2) is 0 Å². The van der Waals surface area contributed by atoms with Crippen LogP contribution < -0.4 is 0 Å². The first-order valence-electron chi connectivity index (χ1n) is 7.62. The fraction of sp³-hybridized carbons (Fsp3) is 0.300. The monoisotopic (exact) mass is 264 g/mol. The van der Waals surface area contributed by atoms with Gasteiger partial charge in [0.05, 0.1) is 0 Å². The molecule has 20 heavy (non-hydrogen) atoms. The van der Waals surface area contributed by atoms with Gasteiger partial charge in [0.25, 0.3) is 0 Å². The molecule has 0 fully saturated rings. The first-order chi connectivity index (χ1) is 9.79. The van der Waals surface area contributed by atoms with Crippen LogP contribution in [0.2, 0.25) is 0 Å². The van der Waals surface area contributed by atoms with E-state index in [0.717, 1.165) is 19.3 Å². The molecule has 3 aliphatic carbocycles. The van der Waals surface area contributed by atoms with Crippen molar-refractivity contribution >= 4 is 0 Å². The van der Waals surface area contributed by atoms with Crippen LogP contribution in [0.25, 0.3) is 0 Å². The molecule has 0 amide bonds. The Kier molecular flexibility index (Phi) is 4.79. The molecule has 0 bridgehead atoms. The molecular weight excluding hydrogens is 240 g/mol. The minimum atomic E-state index is 1.05. The molecule has 0 atom stereocenters. The molecule has 0 unspecified atom stereocenters. The van der Waals surface area contributed by atoms with Crippen LogP contribution in [0.1, 0.15) is 40.0 Å². The Balaban J connectivity index is 0.000000704. The summed E-state index contributed by atoms with van der Waals surface area (Å²) in [7, 11) is 0. The van der Waals surface area contributed by atoms with Crippen molar-refractivity contribution in [3.05, 3.63) is 82.5 Å². The molecular formula is C20H24. The highest BCUT2D eigenvalue weighted by Gasteiger charge is 2.26. The van der Waals surface area contributed by atoms with Crippen molar-refractivity contribution in [2.45, 2.75) is 40.0 Å². The van der Waals surface area contributed by atoms with Crippen LogP contribution in [0.5, 0.6) is 0 Å². The summed E-state index contributed by atoms with van der Waals surface area (Å²) < 4.78 is 0. The maximum absolute atomic E-state index is 4.34. The maximum atomic E-state index is 4.34. The van der Waals surface area contributed by atoms with Gasteiger partial charge in [0, 0.05) is 0 Å². The molecule has 0 radical (unpaired) electrons. The second-order valence-corrected chi connectivity index (χ2v) is 5.03. The molecule has 0 saturated carbocycles. The molecule has 0 aromatic carbocycles. The number of hydrogen-bond donors (Lipinski definition) is 0. The van der Waals surface area contributed by atoms with Crippen molar-refractivity contribution in [3.8, 4) is 0 Å². The quantitative estimate of drug-likeness (QED) is 0.471. The van der Waals surface area contributed by atoms with Crippen molar-refractivity contribution in [3.63, 3.8) is 0 Å². The van der Waals surface area contributed by atoms with Gasteiger partial charge in [-0.15, -0.1) is 0 Å². The van der Waals surface area contributed by atoms with Crippen LogP contribution in [0.4, 0.5) is 0 Å². The predicted molar refractivity (Wildman–Crippen MR) is 89.6 cm³/mol. The third kappa shape index (κ3) is 2.56. The molecule has 0 heteroatoms. The Labute approximate surface area is 123 Å². The third-order valence-electron chi connectivity index (χ3n) is 3.90. The molecule has 3 rings (SSSR count). The van der Waals surface area contributed by atoms with E-state index >= 15 is 0 Å². The van der Waals surface area contributed by atoms with Crippen LogP contribution in [0.15, 0.2) is 82.5 Å². The zero-order chi connectivity index (χ0) is 14.5. The van der Waals surface area contributed by atoms with Crippen molar-refractivity contribution in [1.29, 1.82) is 0 Å². The molecule has 0 saturated heterocycles. The molecule has 3 aliphatic rings. The topological polar surface area (TPSA) is 0 Å². The lowest BCUT2D eigenvalue weighted by Crippen LogP contribution is -1.92. The lowest BCUT2D eigenvalue weighted by molar-refractivity contribution is 0.997. The normalized spacial score (nSPS) is 26.4. The summed E-state index contributed by atoms with van der Waals surface area (Å²) in [6.07, 6.45) is 18.7. The molecule has 0 heterocycles. The van der Waals surface area contributed by atoms with Gasteiger partial charge < -0.3 is 0 Å². The van der Waals surface area contributed by atoms with E-state index in [1.54, 1.807) is 0 Å². The second-order valence-electron chi connectivity index (χ2n) is 5.03. The Morgan fingerprint density at radius 3 is 2.60 bits per heavy atom. The minimum absolute atomic E-state index is 1.05. The summed E-state index contributed by atoms with van der Waals surface area (Å²) in [4.78, 5) is 0. The maximum Gasteiger partial charge on any atom is -0.00822 e. The zero-order valence-corrected chi connectivity index (χ0v) is 12.9. The summed E-state index contributed by atoms with van der Waals surface area (Å²) in [5.74, 6) is 0. The number of hydrogen-bond acceptors (Lipinski definition) is 0. The highest BCUT2D eigenvalue weighted by molar-refractivity contribution is 5.72. The van der Waals surface area contributed by atoms with Crippen molar-refractivity contribution in [1.82, 2.24) is 0 Å². The van der Waals surface area contributed by atoms with Crippen molar-refractivity contribution in [2.24, 2.45) is 0 Å².